The fraction of sp³-hybridized carbons (Fsp3) is 0. The average molecular weight is 676 g/mol. The van der Waals surface area contributed by atoms with Crippen molar-refractivity contribution in [2.24, 2.45) is 0 Å². The summed E-state index contributed by atoms with van der Waals surface area (Å²) in [4.78, 5) is 0. The average Bonchev–Trinajstić information content (AvgIpc) is 3.74. The smallest absolute Gasteiger partial charge is 0.0619 e. The van der Waals surface area contributed by atoms with Crippen LogP contribution in [0.3, 0.4) is 0 Å². The highest BCUT2D eigenvalue weighted by Crippen LogP contribution is 2.47. The van der Waals surface area contributed by atoms with Crippen molar-refractivity contribution in [2.45, 2.75) is 0 Å². The first-order chi connectivity index (χ1) is 26.3. The number of benzene rings is 9. The van der Waals surface area contributed by atoms with Crippen LogP contribution in [0.1, 0.15) is 0 Å². The van der Waals surface area contributed by atoms with Gasteiger partial charge in [0.2, 0.25) is 0 Å². The summed E-state index contributed by atoms with van der Waals surface area (Å²) in [6.07, 6.45) is 0. The lowest BCUT2D eigenvalue weighted by atomic mass is 9.89. The van der Waals surface area contributed by atoms with Gasteiger partial charge in [-0.25, -0.2) is 0 Å². The van der Waals surface area contributed by atoms with E-state index in [1.165, 1.54) is 65.2 Å². The van der Waals surface area contributed by atoms with Crippen molar-refractivity contribution in [3.8, 4) is 33.6 Å². The van der Waals surface area contributed by atoms with E-state index in [4.69, 9.17) is 5.73 Å². The Labute approximate surface area is 306 Å². The molecule has 9 aromatic carbocycles. The van der Waals surface area contributed by atoms with Gasteiger partial charge in [0.05, 0.1) is 22.1 Å². The van der Waals surface area contributed by atoms with Gasteiger partial charge in [0.1, 0.15) is 0 Å². The Hall–Kier alpha value is -7.10. The second-order valence-corrected chi connectivity index (χ2v) is 13.9. The third-order valence-corrected chi connectivity index (χ3v) is 11.1. The number of nitrogen functional groups attached to an aromatic ring is 1. The Bertz CT molecular complexity index is 3010. The molecule has 0 unspecified atom stereocenters. The van der Waals surface area contributed by atoms with Crippen LogP contribution in [0.2, 0.25) is 0 Å². The molecule has 0 aliphatic heterocycles. The summed E-state index contributed by atoms with van der Waals surface area (Å²) in [6.45, 7) is 0. The predicted molar refractivity (Wildman–Crippen MR) is 225 cm³/mol. The Morgan fingerprint density at radius 1 is 0.283 bits per heavy atom. The number of para-hydroxylation sites is 5. The van der Waals surface area contributed by atoms with E-state index in [1.54, 1.807) is 0 Å². The van der Waals surface area contributed by atoms with Gasteiger partial charge in [-0.05, 0) is 70.4 Å². The van der Waals surface area contributed by atoms with Crippen molar-refractivity contribution >= 4 is 70.8 Å². The maximum Gasteiger partial charge on any atom is 0.0619 e. The molecule has 3 heteroatoms. The normalized spacial score (nSPS) is 11.8. The van der Waals surface area contributed by atoms with Crippen molar-refractivity contribution in [1.29, 1.82) is 0 Å². The van der Waals surface area contributed by atoms with Gasteiger partial charge in [-0.3, -0.25) is 0 Å². The number of rotatable bonds is 4. The van der Waals surface area contributed by atoms with Gasteiger partial charge in [-0.2, -0.15) is 0 Å². The van der Waals surface area contributed by atoms with Crippen molar-refractivity contribution in [3.63, 3.8) is 0 Å². The molecule has 0 atom stereocenters. The Morgan fingerprint density at radius 2 is 0.642 bits per heavy atom. The van der Waals surface area contributed by atoms with Crippen LogP contribution in [0.15, 0.2) is 188 Å². The predicted octanol–water partition coefficient (Wildman–Crippen LogP) is 13.1. The van der Waals surface area contributed by atoms with Crippen LogP contribution in [-0.4, -0.2) is 9.13 Å². The molecule has 3 nitrogen and oxygen atoms in total. The topological polar surface area (TPSA) is 35.9 Å². The Morgan fingerprint density at radius 3 is 1.08 bits per heavy atom. The van der Waals surface area contributed by atoms with E-state index in [0.29, 0.717) is 0 Å². The van der Waals surface area contributed by atoms with Gasteiger partial charge in [-0.15, -0.1) is 0 Å². The molecule has 0 aliphatic carbocycles. The maximum absolute atomic E-state index is 7.42. The number of nitrogens with two attached hydrogens (primary N) is 1. The first-order valence-corrected chi connectivity index (χ1v) is 18.2. The zero-order chi connectivity index (χ0) is 35.0. The molecule has 2 aromatic heterocycles. The lowest BCUT2D eigenvalue weighted by molar-refractivity contribution is 1.19. The van der Waals surface area contributed by atoms with Crippen molar-refractivity contribution < 1.29 is 0 Å². The lowest BCUT2D eigenvalue weighted by Gasteiger charge is -2.17. The van der Waals surface area contributed by atoms with Crippen LogP contribution >= 0.6 is 0 Å². The van der Waals surface area contributed by atoms with Crippen LogP contribution in [-0.2, 0) is 0 Å². The van der Waals surface area contributed by atoms with Crippen LogP contribution in [0.4, 0.5) is 5.69 Å². The number of hydrogen-bond donors (Lipinski definition) is 1. The van der Waals surface area contributed by atoms with Crippen LogP contribution in [0, 0.1) is 0 Å². The fourth-order valence-electron chi connectivity index (χ4n) is 8.82. The van der Waals surface area contributed by atoms with E-state index in [0.717, 1.165) is 39.3 Å². The summed E-state index contributed by atoms with van der Waals surface area (Å²) in [6, 6.07) is 67.6. The molecule has 2 heterocycles. The highest BCUT2D eigenvalue weighted by molar-refractivity contribution is 6.24. The van der Waals surface area contributed by atoms with Crippen LogP contribution in [0.25, 0.3) is 98.8 Å². The SMILES string of the molecule is Nc1c(-c2cc3c4ccccc4n(-c4ccccc4)c3c3ccccc23)cccc1-c1cc2c3ccccc3n(-c3ccccc3)c2c2ccccc12. The largest absolute Gasteiger partial charge is 0.398 e. The highest BCUT2D eigenvalue weighted by atomic mass is 15.0. The minimum Gasteiger partial charge on any atom is -0.398 e. The molecule has 11 aromatic rings. The molecule has 53 heavy (non-hydrogen) atoms. The van der Waals surface area contributed by atoms with E-state index < -0.39 is 0 Å². The zero-order valence-corrected chi connectivity index (χ0v) is 28.9. The van der Waals surface area contributed by atoms with Gasteiger partial charge >= 0.3 is 0 Å². The molecule has 2 N–H and O–H groups in total. The summed E-state index contributed by atoms with van der Waals surface area (Å²) in [5.41, 5.74) is 19.6. The monoisotopic (exact) mass is 675 g/mol. The van der Waals surface area contributed by atoms with Crippen LogP contribution < -0.4 is 5.73 Å². The van der Waals surface area contributed by atoms with E-state index in [1.807, 2.05) is 0 Å². The van der Waals surface area contributed by atoms with Crippen molar-refractivity contribution in [2.75, 3.05) is 5.73 Å². The highest BCUT2D eigenvalue weighted by Gasteiger charge is 2.22. The molecule has 0 spiro atoms. The van der Waals surface area contributed by atoms with E-state index in [-0.39, 0.29) is 0 Å². The summed E-state index contributed by atoms with van der Waals surface area (Å²) in [5.74, 6) is 0. The molecule has 0 saturated heterocycles. The first-order valence-electron chi connectivity index (χ1n) is 18.2. The van der Waals surface area contributed by atoms with E-state index in [9.17, 15) is 0 Å². The molecule has 0 saturated carbocycles. The standard InChI is InChI=1S/C50H33N3/c51-48-38(42-30-44-36-22-11-13-28-46(36)52(32-16-3-1-4-17-32)49(44)40-24-9-7-20-34(40)42)26-15-27-39(48)43-31-45-37-23-12-14-29-47(37)53(33-18-5-2-6-19-33)50(45)41-25-10-8-21-35(41)43/h1-31H,51H2. The minimum absolute atomic E-state index is 0.778. The second kappa shape index (κ2) is 11.5. The molecular formula is C50H33N3. The lowest BCUT2D eigenvalue weighted by Crippen LogP contribution is -1.98. The number of hydrogen-bond acceptors (Lipinski definition) is 1. The number of nitrogens with zero attached hydrogens (tertiary/aromatic N) is 2. The summed E-state index contributed by atoms with van der Waals surface area (Å²) < 4.78 is 4.81. The van der Waals surface area contributed by atoms with E-state index >= 15 is 0 Å². The Kier molecular flexibility index (Phi) is 6.40. The molecule has 0 amide bonds. The van der Waals surface area contributed by atoms with Gasteiger partial charge in [-0.1, -0.05) is 140 Å². The molecule has 0 radical (unpaired) electrons. The van der Waals surface area contributed by atoms with Crippen molar-refractivity contribution in [3.05, 3.63) is 188 Å². The molecule has 248 valence electrons. The second-order valence-electron chi connectivity index (χ2n) is 13.9. The van der Waals surface area contributed by atoms with Gasteiger partial charge < -0.3 is 14.9 Å². The van der Waals surface area contributed by atoms with Crippen molar-refractivity contribution in [1.82, 2.24) is 9.13 Å². The third-order valence-electron chi connectivity index (χ3n) is 11.1. The molecular weight excluding hydrogens is 643 g/mol. The number of anilines is 1. The van der Waals surface area contributed by atoms with Gasteiger partial charge in [0.25, 0.3) is 0 Å². The van der Waals surface area contributed by atoms with E-state index in [2.05, 4.69) is 197 Å². The zero-order valence-electron chi connectivity index (χ0n) is 28.9. The molecule has 0 bridgehead atoms. The van der Waals surface area contributed by atoms with Gasteiger partial charge in [0.15, 0.2) is 0 Å². The summed E-state index contributed by atoms with van der Waals surface area (Å²) in [5, 5.41) is 9.62. The maximum atomic E-state index is 7.42. The fourth-order valence-corrected chi connectivity index (χ4v) is 8.82. The number of fused-ring (bicyclic) bond motifs is 10. The number of aromatic nitrogens is 2. The molecule has 0 aliphatic rings. The van der Waals surface area contributed by atoms with Crippen LogP contribution in [0.5, 0.6) is 0 Å². The quantitative estimate of drug-likeness (QED) is 0.185. The Balaban J connectivity index is 1.21. The molecule has 11 rings (SSSR count). The summed E-state index contributed by atoms with van der Waals surface area (Å²) >= 11 is 0. The summed E-state index contributed by atoms with van der Waals surface area (Å²) in [7, 11) is 0. The minimum atomic E-state index is 0.778. The van der Waals surface area contributed by atoms with Gasteiger partial charge in [0, 0.05) is 60.5 Å². The first kappa shape index (κ1) is 29.6. The molecule has 0 fully saturated rings. The third kappa shape index (κ3) is 4.28.